The van der Waals surface area contributed by atoms with Crippen molar-refractivity contribution in [1.29, 1.82) is 0 Å². The van der Waals surface area contributed by atoms with Gasteiger partial charge in [0.1, 0.15) is 17.5 Å². The molecule has 308 valence electrons. The number of nitrogens with one attached hydrogen (secondary N) is 5. The van der Waals surface area contributed by atoms with Crippen molar-refractivity contribution in [2.75, 3.05) is 28.4 Å². The van der Waals surface area contributed by atoms with Gasteiger partial charge in [0.25, 0.3) is 23.4 Å². The molecule has 0 saturated carbocycles. The van der Waals surface area contributed by atoms with Crippen molar-refractivity contribution in [3.63, 3.8) is 0 Å². The monoisotopic (exact) mass is 821 g/mol. The van der Waals surface area contributed by atoms with Crippen molar-refractivity contribution in [2.45, 2.75) is 18.6 Å². The lowest BCUT2D eigenvalue weighted by Crippen LogP contribution is -2.56. The SMILES string of the molecule is COC(C(N)=O)C(NC(=O)c1ccc(NC(=O)C2C=CC([N+](=O)[O-])=CC2)cc1)C(=O)Nc1ccc(C(=O)Nc2ccc(C(=O)Nc3ccc(C(=O)O)cc3O)cc2O)cc1. The molecule has 0 aliphatic heterocycles. The molecule has 1 aliphatic carbocycles. The Kier molecular flexibility index (Phi) is 13.3. The zero-order valence-electron chi connectivity index (χ0n) is 31.2. The topological polar surface area (TPSA) is 319 Å². The standard InChI is InChI=1S/C40H35N7O13/c1-60-33(34(41)50)32(46-37(53)21-4-10-25(11-5-21)42-35(51)22-6-14-27(15-7-22)47(58)59)39(55)43-26-12-2-20(3-13-26)36(52)44-28-16-8-23(18-30(28)48)38(54)45-29-17-9-24(40(56)57)19-31(29)49/h2-6,8-19,22,32-33,48-49H,7H2,1H3,(H2,41,50)(H,42,51)(H,43,55)(H,44,52)(H,45,54)(H,46,53)(H,56,57). The van der Waals surface area contributed by atoms with Gasteiger partial charge in [-0.05, 0) is 97.4 Å². The zero-order chi connectivity index (χ0) is 43.7. The van der Waals surface area contributed by atoms with Crippen LogP contribution in [0.3, 0.4) is 0 Å². The van der Waals surface area contributed by atoms with Gasteiger partial charge < -0.3 is 52.4 Å². The number of carboxylic acids is 1. The molecule has 1 aliphatic rings. The summed E-state index contributed by atoms with van der Waals surface area (Å²) in [5.74, 6) is -7.56. The molecule has 4 aromatic carbocycles. The maximum absolute atomic E-state index is 13.4. The average Bonchev–Trinajstić information content (AvgIpc) is 3.22. The van der Waals surface area contributed by atoms with Crippen LogP contribution >= 0.6 is 0 Å². The molecule has 0 bridgehead atoms. The molecule has 6 amide bonds. The van der Waals surface area contributed by atoms with Gasteiger partial charge in [0.05, 0.1) is 27.8 Å². The number of primary amides is 1. The van der Waals surface area contributed by atoms with Crippen LogP contribution in [0.2, 0.25) is 0 Å². The van der Waals surface area contributed by atoms with Crippen LogP contribution in [0.1, 0.15) is 47.9 Å². The minimum atomic E-state index is -1.64. The summed E-state index contributed by atoms with van der Waals surface area (Å²) in [5, 5.41) is 53.0. The number of hydrogen-bond acceptors (Lipinski definition) is 12. The number of allylic oxidation sites excluding steroid dienone is 2. The Morgan fingerprint density at radius 3 is 1.72 bits per heavy atom. The molecule has 4 aromatic rings. The first-order chi connectivity index (χ1) is 28.5. The number of nitrogens with two attached hydrogens (primary N) is 1. The number of carbonyl (C=O) groups is 7. The summed E-state index contributed by atoms with van der Waals surface area (Å²) in [6.07, 6.45) is 2.51. The van der Waals surface area contributed by atoms with Gasteiger partial charge in [0.2, 0.25) is 17.7 Å². The van der Waals surface area contributed by atoms with Gasteiger partial charge in [-0.2, -0.15) is 0 Å². The lowest BCUT2D eigenvalue weighted by Gasteiger charge is -2.24. The van der Waals surface area contributed by atoms with E-state index in [9.17, 15) is 53.9 Å². The molecular formula is C40H35N7O13. The van der Waals surface area contributed by atoms with E-state index in [1.807, 2.05) is 0 Å². The second-order valence-electron chi connectivity index (χ2n) is 12.9. The minimum absolute atomic E-state index is 0.0330. The van der Waals surface area contributed by atoms with E-state index in [0.29, 0.717) is 5.69 Å². The number of rotatable bonds is 15. The van der Waals surface area contributed by atoms with Gasteiger partial charge in [-0.3, -0.25) is 38.9 Å². The molecule has 20 heteroatoms. The van der Waals surface area contributed by atoms with E-state index < -0.39 is 75.9 Å². The number of phenolic OH excluding ortho intramolecular Hbond substituents is 2. The first kappa shape index (κ1) is 42.7. The molecule has 0 spiro atoms. The van der Waals surface area contributed by atoms with E-state index >= 15 is 0 Å². The fourth-order valence-electron chi connectivity index (χ4n) is 5.66. The van der Waals surface area contributed by atoms with E-state index in [1.165, 1.54) is 91.0 Å². The number of benzene rings is 4. The number of anilines is 4. The van der Waals surface area contributed by atoms with Crippen LogP contribution in [0.25, 0.3) is 0 Å². The Hall–Kier alpha value is -8.39. The average molecular weight is 822 g/mol. The number of carbonyl (C=O) groups excluding carboxylic acids is 6. The number of hydrogen-bond donors (Lipinski definition) is 9. The smallest absolute Gasteiger partial charge is 0.335 e. The van der Waals surface area contributed by atoms with E-state index in [-0.39, 0.29) is 51.4 Å². The zero-order valence-corrected chi connectivity index (χ0v) is 31.2. The minimum Gasteiger partial charge on any atom is -0.506 e. The predicted molar refractivity (Wildman–Crippen MR) is 213 cm³/mol. The highest BCUT2D eigenvalue weighted by Crippen LogP contribution is 2.28. The van der Waals surface area contributed by atoms with Gasteiger partial charge in [-0.1, -0.05) is 6.08 Å². The Bertz CT molecular complexity index is 2450. The van der Waals surface area contributed by atoms with Crippen LogP contribution < -0.4 is 32.3 Å². The molecule has 0 radical (unpaired) electrons. The van der Waals surface area contributed by atoms with Crippen molar-refractivity contribution >= 4 is 64.2 Å². The highest BCUT2D eigenvalue weighted by atomic mass is 16.6. The van der Waals surface area contributed by atoms with E-state index in [2.05, 4.69) is 26.6 Å². The molecule has 0 saturated heterocycles. The number of amides is 6. The van der Waals surface area contributed by atoms with Crippen LogP contribution in [0.15, 0.2) is 109 Å². The van der Waals surface area contributed by atoms with Crippen molar-refractivity contribution in [1.82, 2.24) is 5.32 Å². The van der Waals surface area contributed by atoms with Gasteiger partial charge in [0, 0.05) is 41.3 Å². The highest BCUT2D eigenvalue weighted by molar-refractivity contribution is 6.09. The number of ether oxygens (including phenoxy) is 1. The largest absolute Gasteiger partial charge is 0.506 e. The fourth-order valence-corrected chi connectivity index (χ4v) is 5.66. The molecule has 60 heavy (non-hydrogen) atoms. The normalized spacial score (nSPS) is 14.0. The molecule has 3 unspecified atom stereocenters. The summed E-state index contributed by atoms with van der Waals surface area (Å²) in [6.45, 7) is 0. The fraction of sp³-hybridized carbons (Fsp3) is 0.125. The van der Waals surface area contributed by atoms with Crippen LogP contribution in [-0.4, -0.2) is 80.9 Å². The Morgan fingerprint density at radius 1 is 0.733 bits per heavy atom. The Labute approximate surface area is 338 Å². The van der Waals surface area contributed by atoms with Gasteiger partial charge in [0.15, 0.2) is 6.10 Å². The third kappa shape index (κ3) is 10.5. The molecule has 0 heterocycles. The maximum atomic E-state index is 13.4. The summed E-state index contributed by atoms with van der Waals surface area (Å²) < 4.78 is 5.12. The van der Waals surface area contributed by atoms with E-state index in [4.69, 9.17) is 15.6 Å². The number of nitrogens with zero attached hydrogens (tertiary/aromatic N) is 1. The lowest BCUT2D eigenvalue weighted by molar-refractivity contribution is -0.419. The number of phenols is 2. The summed E-state index contributed by atoms with van der Waals surface area (Å²) in [5.41, 5.74) is 5.50. The summed E-state index contributed by atoms with van der Waals surface area (Å²) in [7, 11) is 1.11. The first-order valence-electron chi connectivity index (χ1n) is 17.5. The summed E-state index contributed by atoms with van der Waals surface area (Å²) in [6, 6.07) is 16.2. The number of aromatic hydroxyl groups is 2. The van der Waals surface area contributed by atoms with Gasteiger partial charge >= 0.3 is 5.97 Å². The van der Waals surface area contributed by atoms with E-state index in [0.717, 1.165) is 19.2 Å². The van der Waals surface area contributed by atoms with Crippen molar-refractivity contribution in [2.24, 2.45) is 11.7 Å². The molecule has 0 fully saturated rings. The number of nitro groups is 1. The number of aromatic carboxylic acids is 1. The van der Waals surface area contributed by atoms with E-state index in [1.54, 1.807) is 0 Å². The molecule has 5 rings (SSSR count). The molecule has 0 aromatic heterocycles. The molecule has 20 nitrogen and oxygen atoms in total. The van der Waals surface area contributed by atoms with Crippen LogP contribution in [0.4, 0.5) is 22.7 Å². The molecule has 10 N–H and O–H groups in total. The second-order valence-corrected chi connectivity index (χ2v) is 12.9. The second kappa shape index (κ2) is 18.7. The quantitative estimate of drug-likeness (QED) is 0.0473. The molecular weight excluding hydrogens is 786 g/mol. The third-order valence-corrected chi connectivity index (χ3v) is 8.86. The van der Waals surface area contributed by atoms with Crippen LogP contribution in [0, 0.1) is 16.0 Å². The van der Waals surface area contributed by atoms with Crippen LogP contribution in [-0.2, 0) is 19.1 Å². The number of methoxy groups -OCH3 is 1. The van der Waals surface area contributed by atoms with Crippen LogP contribution in [0.5, 0.6) is 11.5 Å². The molecule has 3 atom stereocenters. The lowest BCUT2D eigenvalue weighted by atomic mass is 9.98. The highest BCUT2D eigenvalue weighted by Gasteiger charge is 2.34. The van der Waals surface area contributed by atoms with Crippen molar-refractivity contribution in [3.05, 3.63) is 141 Å². The Morgan fingerprint density at radius 2 is 1.23 bits per heavy atom. The number of carboxylic acid groups (broad SMARTS) is 1. The Balaban J connectivity index is 1.18. The first-order valence-corrected chi connectivity index (χ1v) is 17.5. The maximum Gasteiger partial charge on any atom is 0.335 e. The van der Waals surface area contributed by atoms with Gasteiger partial charge in [-0.25, -0.2) is 4.79 Å². The van der Waals surface area contributed by atoms with Gasteiger partial charge in [-0.15, -0.1) is 0 Å². The summed E-state index contributed by atoms with van der Waals surface area (Å²) >= 11 is 0. The van der Waals surface area contributed by atoms with Crippen molar-refractivity contribution in [3.8, 4) is 11.5 Å². The third-order valence-electron chi connectivity index (χ3n) is 8.86. The van der Waals surface area contributed by atoms with Crippen molar-refractivity contribution < 1.29 is 58.5 Å². The summed E-state index contributed by atoms with van der Waals surface area (Å²) in [4.78, 5) is 98.6. The predicted octanol–water partition coefficient (Wildman–Crippen LogP) is 3.21.